The largest absolute Gasteiger partial charge is 0.416 e. The minimum atomic E-state index is -4.41. The molecule has 0 saturated carbocycles. The molecule has 0 fully saturated rings. The van der Waals surface area contributed by atoms with E-state index in [4.69, 9.17) is 0 Å². The summed E-state index contributed by atoms with van der Waals surface area (Å²) in [7, 11) is 0. The van der Waals surface area contributed by atoms with Gasteiger partial charge in [0.15, 0.2) is 0 Å². The molecule has 2 amide bonds. The SMILES string of the molecule is O=C(CCC(=O)N(c1ccccc1)c1ccccc1)N/N=C/c1ccc(C(F)(F)F)cc1. The second-order valence-corrected chi connectivity index (χ2v) is 6.81. The minimum absolute atomic E-state index is 0.0502. The standard InChI is InChI=1S/C24H20F3N3O2/c25-24(26,27)19-13-11-18(12-14-19)17-28-29-22(31)15-16-23(32)30(20-7-3-1-4-8-20)21-9-5-2-6-10-21/h1-14,17H,15-16H2,(H,29,31)/b28-17+. The van der Waals surface area contributed by atoms with Crippen molar-refractivity contribution in [2.24, 2.45) is 5.10 Å². The zero-order chi connectivity index (χ0) is 23.0. The first-order chi connectivity index (χ1) is 15.3. The summed E-state index contributed by atoms with van der Waals surface area (Å²) in [4.78, 5) is 26.5. The Morgan fingerprint density at radius 1 is 0.812 bits per heavy atom. The molecule has 0 aliphatic carbocycles. The van der Waals surface area contributed by atoms with E-state index in [-0.39, 0.29) is 18.7 Å². The summed E-state index contributed by atoms with van der Waals surface area (Å²) in [5.74, 6) is -0.744. The van der Waals surface area contributed by atoms with Crippen LogP contribution in [0, 0.1) is 0 Å². The number of carbonyl (C=O) groups is 2. The highest BCUT2D eigenvalue weighted by Gasteiger charge is 2.29. The van der Waals surface area contributed by atoms with Gasteiger partial charge in [0.25, 0.3) is 0 Å². The van der Waals surface area contributed by atoms with Crippen LogP contribution in [0.25, 0.3) is 0 Å². The monoisotopic (exact) mass is 439 g/mol. The summed E-state index contributed by atoms with van der Waals surface area (Å²) in [6, 6.07) is 22.6. The lowest BCUT2D eigenvalue weighted by Crippen LogP contribution is -2.27. The Morgan fingerprint density at radius 3 is 1.84 bits per heavy atom. The number of anilines is 2. The summed E-state index contributed by atoms with van der Waals surface area (Å²) < 4.78 is 37.7. The smallest absolute Gasteiger partial charge is 0.281 e. The number of halogens is 3. The fraction of sp³-hybridized carbons (Fsp3) is 0.125. The van der Waals surface area contributed by atoms with Gasteiger partial charge in [-0.15, -0.1) is 0 Å². The zero-order valence-electron chi connectivity index (χ0n) is 16.9. The van der Waals surface area contributed by atoms with E-state index < -0.39 is 17.6 Å². The number of hydrazone groups is 1. The van der Waals surface area contributed by atoms with Crippen molar-refractivity contribution in [2.45, 2.75) is 19.0 Å². The van der Waals surface area contributed by atoms with E-state index in [1.165, 1.54) is 18.3 Å². The Morgan fingerprint density at radius 2 is 1.34 bits per heavy atom. The van der Waals surface area contributed by atoms with Gasteiger partial charge in [-0.2, -0.15) is 18.3 Å². The van der Waals surface area contributed by atoms with Crippen LogP contribution in [-0.2, 0) is 15.8 Å². The first-order valence-electron chi connectivity index (χ1n) is 9.77. The number of nitrogens with zero attached hydrogens (tertiary/aromatic N) is 2. The van der Waals surface area contributed by atoms with E-state index in [2.05, 4.69) is 10.5 Å². The van der Waals surface area contributed by atoms with E-state index in [0.717, 1.165) is 12.1 Å². The van der Waals surface area contributed by atoms with Crippen molar-refractivity contribution < 1.29 is 22.8 Å². The molecule has 3 aromatic carbocycles. The molecule has 32 heavy (non-hydrogen) atoms. The average molecular weight is 439 g/mol. The van der Waals surface area contributed by atoms with Crippen LogP contribution in [-0.4, -0.2) is 18.0 Å². The lowest BCUT2D eigenvalue weighted by atomic mass is 10.1. The van der Waals surface area contributed by atoms with Gasteiger partial charge >= 0.3 is 6.18 Å². The first kappa shape index (κ1) is 22.7. The van der Waals surface area contributed by atoms with Gasteiger partial charge in [-0.05, 0) is 42.0 Å². The maximum Gasteiger partial charge on any atom is 0.416 e. The van der Waals surface area contributed by atoms with E-state index in [0.29, 0.717) is 16.9 Å². The van der Waals surface area contributed by atoms with Gasteiger partial charge in [0.05, 0.1) is 11.8 Å². The highest BCUT2D eigenvalue weighted by atomic mass is 19.4. The van der Waals surface area contributed by atoms with Crippen LogP contribution in [0.2, 0.25) is 0 Å². The zero-order valence-corrected chi connectivity index (χ0v) is 16.9. The molecule has 0 aromatic heterocycles. The third-order valence-corrected chi connectivity index (χ3v) is 4.48. The van der Waals surface area contributed by atoms with Crippen LogP contribution in [0.3, 0.4) is 0 Å². The average Bonchev–Trinajstić information content (AvgIpc) is 2.79. The number of hydrogen-bond donors (Lipinski definition) is 1. The van der Waals surface area contributed by atoms with E-state index in [9.17, 15) is 22.8 Å². The van der Waals surface area contributed by atoms with Crippen molar-refractivity contribution in [1.29, 1.82) is 0 Å². The number of benzene rings is 3. The summed E-state index contributed by atoms with van der Waals surface area (Å²) in [5, 5.41) is 3.74. The van der Waals surface area contributed by atoms with Gasteiger partial charge in [-0.1, -0.05) is 48.5 Å². The molecular formula is C24H20F3N3O2. The number of amides is 2. The van der Waals surface area contributed by atoms with Gasteiger partial charge < -0.3 is 0 Å². The van der Waals surface area contributed by atoms with Crippen LogP contribution >= 0.6 is 0 Å². The molecule has 3 rings (SSSR count). The molecule has 3 aromatic rings. The Labute approximate surface area is 183 Å². The van der Waals surface area contributed by atoms with Crippen molar-refractivity contribution in [3.63, 3.8) is 0 Å². The molecule has 0 bridgehead atoms. The highest BCUT2D eigenvalue weighted by Crippen LogP contribution is 2.29. The normalized spacial score (nSPS) is 11.3. The topological polar surface area (TPSA) is 61.8 Å². The Hall–Kier alpha value is -3.94. The molecule has 0 spiro atoms. The summed E-state index contributed by atoms with van der Waals surface area (Å²) in [6.45, 7) is 0. The molecule has 0 atom stereocenters. The van der Waals surface area contributed by atoms with Crippen molar-refractivity contribution in [2.75, 3.05) is 4.90 Å². The minimum Gasteiger partial charge on any atom is -0.281 e. The molecule has 8 heteroatoms. The quantitative estimate of drug-likeness (QED) is 0.401. The number of alkyl halides is 3. The lowest BCUT2D eigenvalue weighted by Gasteiger charge is -2.23. The highest BCUT2D eigenvalue weighted by molar-refractivity contribution is 6.01. The predicted molar refractivity (Wildman–Crippen MR) is 116 cm³/mol. The second-order valence-electron chi connectivity index (χ2n) is 6.81. The molecule has 0 radical (unpaired) electrons. The van der Waals surface area contributed by atoms with E-state index in [1.54, 1.807) is 29.2 Å². The molecular weight excluding hydrogens is 419 g/mol. The van der Waals surface area contributed by atoms with Gasteiger partial charge in [0, 0.05) is 24.2 Å². The molecule has 0 heterocycles. The third kappa shape index (κ3) is 6.28. The van der Waals surface area contributed by atoms with Crippen LogP contribution in [0.1, 0.15) is 24.0 Å². The summed E-state index contributed by atoms with van der Waals surface area (Å²) in [5.41, 5.74) is 3.29. The Bertz CT molecular complexity index is 1030. The molecule has 0 saturated heterocycles. The number of nitrogens with one attached hydrogen (secondary N) is 1. The third-order valence-electron chi connectivity index (χ3n) is 4.48. The molecule has 1 N–H and O–H groups in total. The first-order valence-corrected chi connectivity index (χ1v) is 9.77. The second kappa shape index (κ2) is 10.4. The predicted octanol–water partition coefficient (Wildman–Crippen LogP) is 5.30. The van der Waals surface area contributed by atoms with Crippen LogP contribution in [0.15, 0.2) is 90.0 Å². The van der Waals surface area contributed by atoms with Gasteiger partial charge in [-0.3, -0.25) is 14.5 Å². The van der Waals surface area contributed by atoms with E-state index >= 15 is 0 Å². The molecule has 0 aliphatic heterocycles. The summed E-state index contributed by atoms with van der Waals surface area (Å²) >= 11 is 0. The number of hydrogen-bond acceptors (Lipinski definition) is 3. The van der Waals surface area contributed by atoms with Crippen molar-refractivity contribution in [3.05, 3.63) is 96.1 Å². The van der Waals surface area contributed by atoms with Gasteiger partial charge in [0.1, 0.15) is 0 Å². The van der Waals surface area contributed by atoms with Crippen LogP contribution < -0.4 is 10.3 Å². The van der Waals surface area contributed by atoms with Crippen molar-refractivity contribution >= 4 is 29.4 Å². The Kier molecular flexibility index (Phi) is 7.38. The summed E-state index contributed by atoms with van der Waals surface area (Å²) in [6.07, 6.45) is -3.32. The fourth-order valence-electron chi connectivity index (χ4n) is 2.92. The number of rotatable bonds is 7. The van der Waals surface area contributed by atoms with Crippen molar-refractivity contribution in [3.8, 4) is 0 Å². The fourth-order valence-corrected chi connectivity index (χ4v) is 2.92. The van der Waals surface area contributed by atoms with Crippen LogP contribution in [0.4, 0.5) is 24.5 Å². The molecule has 5 nitrogen and oxygen atoms in total. The maximum atomic E-state index is 12.9. The number of carbonyl (C=O) groups excluding carboxylic acids is 2. The number of para-hydroxylation sites is 2. The van der Waals surface area contributed by atoms with Crippen molar-refractivity contribution in [1.82, 2.24) is 5.43 Å². The van der Waals surface area contributed by atoms with E-state index in [1.807, 2.05) is 36.4 Å². The maximum absolute atomic E-state index is 12.9. The van der Waals surface area contributed by atoms with Gasteiger partial charge in [-0.25, -0.2) is 5.43 Å². The molecule has 0 aliphatic rings. The Balaban J connectivity index is 1.57. The molecule has 164 valence electrons. The molecule has 0 unspecified atom stereocenters. The lowest BCUT2D eigenvalue weighted by molar-refractivity contribution is -0.137. The van der Waals surface area contributed by atoms with Gasteiger partial charge in [0.2, 0.25) is 11.8 Å². The van der Waals surface area contributed by atoms with Crippen LogP contribution in [0.5, 0.6) is 0 Å².